The summed E-state index contributed by atoms with van der Waals surface area (Å²) in [6.45, 7) is 7.25. The van der Waals surface area contributed by atoms with Crippen molar-refractivity contribution < 1.29 is 14.3 Å². The van der Waals surface area contributed by atoms with Crippen LogP contribution in [0.3, 0.4) is 0 Å². The lowest BCUT2D eigenvalue weighted by atomic mass is 10.1. The molecule has 0 spiro atoms. The summed E-state index contributed by atoms with van der Waals surface area (Å²) in [4.78, 5) is 13.6. The van der Waals surface area contributed by atoms with E-state index in [0.29, 0.717) is 13.2 Å². The Hall–Kier alpha value is -2.14. The molecule has 0 saturated heterocycles. The molecule has 4 nitrogen and oxygen atoms in total. The summed E-state index contributed by atoms with van der Waals surface area (Å²) in [7, 11) is 0. The van der Waals surface area contributed by atoms with E-state index >= 15 is 0 Å². The number of carbonyl (C=O) groups is 1. The molecule has 132 valence electrons. The fourth-order valence-corrected chi connectivity index (χ4v) is 3.61. The van der Waals surface area contributed by atoms with Crippen LogP contribution in [0.5, 0.6) is 11.5 Å². The number of rotatable bonds is 4. The molecule has 0 radical (unpaired) electrons. The lowest BCUT2D eigenvalue weighted by Crippen LogP contribution is -2.23. The third kappa shape index (κ3) is 4.28. The molecule has 1 N–H and O–H groups in total. The van der Waals surface area contributed by atoms with Crippen molar-refractivity contribution in [2.24, 2.45) is 0 Å². The molecule has 2 aromatic carbocycles. The van der Waals surface area contributed by atoms with E-state index in [1.165, 1.54) is 11.8 Å². The van der Waals surface area contributed by atoms with Crippen LogP contribution in [0, 0.1) is 13.8 Å². The van der Waals surface area contributed by atoms with E-state index in [1.807, 2.05) is 57.2 Å². The number of hydrogen-bond acceptors (Lipinski definition) is 4. The van der Waals surface area contributed by atoms with Gasteiger partial charge in [-0.1, -0.05) is 18.2 Å². The summed E-state index contributed by atoms with van der Waals surface area (Å²) >= 11 is 1.51. The monoisotopic (exact) mass is 357 g/mol. The summed E-state index contributed by atoms with van der Waals surface area (Å²) in [5.74, 6) is 1.52. The molecule has 0 aromatic heterocycles. The number of ether oxygens (including phenoxy) is 2. The average molecular weight is 357 g/mol. The molecule has 0 bridgehead atoms. The molecule has 1 amide bonds. The van der Waals surface area contributed by atoms with Crippen LogP contribution in [0.4, 0.5) is 5.69 Å². The van der Waals surface area contributed by atoms with Gasteiger partial charge in [-0.05, 0) is 50.1 Å². The minimum absolute atomic E-state index is 0.00508. The van der Waals surface area contributed by atoms with E-state index in [2.05, 4.69) is 5.32 Å². The minimum Gasteiger partial charge on any atom is -0.490 e. The summed E-state index contributed by atoms with van der Waals surface area (Å²) in [5, 5.41) is 2.84. The number of carbonyl (C=O) groups excluding carboxylic acids is 1. The Bertz CT molecular complexity index is 755. The van der Waals surface area contributed by atoms with Crippen LogP contribution in [0.2, 0.25) is 0 Å². The molecule has 0 aliphatic carbocycles. The fraction of sp³-hybridized carbons (Fsp3) is 0.350. The van der Waals surface area contributed by atoms with E-state index in [0.717, 1.165) is 39.6 Å². The van der Waals surface area contributed by atoms with E-state index in [4.69, 9.17) is 9.47 Å². The number of aryl methyl sites for hydroxylation is 2. The number of fused-ring (bicyclic) bond motifs is 1. The molecule has 5 heteroatoms. The lowest BCUT2D eigenvalue weighted by Gasteiger charge is -2.16. The van der Waals surface area contributed by atoms with Crippen molar-refractivity contribution in [1.29, 1.82) is 0 Å². The van der Waals surface area contributed by atoms with Gasteiger partial charge in [0, 0.05) is 17.0 Å². The number of thioether (sulfide) groups is 1. The second kappa shape index (κ2) is 7.83. The highest BCUT2D eigenvalue weighted by Gasteiger charge is 2.18. The number of amides is 1. The maximum atomic E-state index is 12.6. The number of anilines is 1. The average Bonchev–Trinajstić information content (AvgIpc) is 2.83. The minimum atomic E-state index is -0.219. The van der Waals surface area contributed by atoms with Gasteiger partial charge in [-0.15, -0.1) is 11.8 Å². The summed E-state index contributed by atoms with van der Waals surface area (Å²) in [6, 6.07) is 11.8. The van der Waals surface area contributed by atoms with E-state index in [-0.39, 0.29) is 11.2 Å². The fourth-order valence-electron chi connectivity index (χ4n) is 2.71. The van der Waals surface area contributed by atoms with Crippen LogP contribution in [-0.4, -0.2) is 24.4 Å². The third-order valence-electron chi connectivity index (χ3n) is 4.13. The van der Waals surface area contributed by atoms with E-state index < -0.39 is 0 Å². The molecule has 1 atom stereocenters. The molecular weight excluding hydrogens is 334 g/mol. The largest absolute Gasteiger partial charge is 0.490 e. The molecule has 3 rings (SSSR count). The van der Waals surface area contributed by atoms with Crippen LogP contribution < -0.4 is 14.8 Å². The Balaban J connectivity index is 1.68. The zero-order valence-electron chi connectivity index (χ0n) is 14.8. The predicted molar refractivity (Wildman–Crippen MR) is 102 cm³/mol. The standard InChI is InChI=1S/C20H23NO3S/c1-13-6-4-7-14(2)19(13)21-20(22)15(3)25-16-8-9-17-18(12-16)24-11-5-10-23-17/h4,6-9,12,15H,5,10-11H2,1-3H3,(H,21,22)/t15-/m1/s1. The van der Waals surface area contributed by atoms with Gasteiger partial charge in [0.25, 0.3) is 0 Å². The quantitative estimate of drug-likeness (QED) is 0.814. The van der Waals surface area contributed by atoms with Crippen molar-refractivity contribution in [3.05, 3.63) is 47.5 Å². The second-order valence-corrected chi connectivity index (χ2v) is 7.59. The van der Waals surface area contributed by atoms with Gasteiger partial charge < -0.3 is 14.8 Å². The number of hydrogen-bond donors (Lipinski definition) is 1. The van der Waals surface area contributed by atoms with E-state index in [9.17, 15) is 4.79 Å². The Labute approximate surface area is 152 Å². The van der Waals surface area contributed by atoms with Crippen LogP contribution in [0.15, 0.2) is 41.3 Å². The summed E-state index contributed by atoms with van der Waals surface area (Å²) in [5.41, 5.74) is 3.04. The molecule has 0 unspecified atom stereocenters. The Kier molecular flexibility index (Phi) is 5.53. The molecule has 1 heterocycles. The zero-order valence-corrected chi connectivity index (χ0v) is 15.6. The molecular formula is C20H23NO3S. The van der Waals surface area contributed by atoms with Crippen molar-refractivity contribution in [3.63, 3.8) is 0 Å². The van der Waals surface area contributed by atoms with Crippen LogP contribution in [0.1, 0.15) is 24.5 Å². The smallest absolute Gasteiger partial charge is 0.237 e. The van der Waals surface area contributed by atoms with Gasteiger partial charge in [0.05, 0.1) is 18.5 Å². The highest BCUT2D eigenvalue weighted by molar-refractivity contribution is 8.00. The number of benzene rings is 2. The van der Waals surface area contributed by atoms with Gasteiger partial charge in [0.2, 0.25) is 5.91 Å². The lowest BCUT2D eigenvalue weighted by molar-refractivity contribution is -0.115. The first-order chi connectivity index (χ1) is 12.0. The Morgan fingerprint density at radius 1 is 1.08 bits per heavy atom. The normalized spacial score (nSPS) is 14.5. The first-order valence-electron chi connectivity index (χ1n) is 8.48. The van der Waals surface area contributed by atoms with Crippen LogP contribution in [0.25, 0.3) is 0 Å². The topological polar surface area (TPSA) is 47.6 Å². The van der Waals surface area contributed by atoms with Crippen molar-refractivity contribution in [1.82, 2.24) is 0 Å². The predicted octanol–water partition coefficient (Wildman–Crippen LogP) is 4.58. The first-order valence-corrected chi connectivity index (χ1v) is 9.36. The van der Waals surface area contributed by atoms with Gasteiger partial charge >= 0.3 is 0 Å². The van der Waals surface area contributed by atoms with Crippen LogP contribution in [-0.2, 0) is 4.79 Å². The highest BCUT2D eigenvalue weighted by Crippen LogP contribution is 2.35. The van der Waals surface area contributed by atoms with Crippen molar-refractivity contribution >= 4 is 23.4 Å². The number of nitrogens with one attached hydrogen (secondary N) is 1. The molecule has 2 aromatic rings. The molecule has 1 aliphatic heterocycles. The van der Waals surface area contributed by atoms with Crippen LogP contribution >= 0.6 is 11.8 Å². The highest BCUT2D eigenvalue weighted by atomic mass is 32.2. The van der Waals surface area contributed by atoms with Crippen molar-refractivity contribution in [2.45, 2.75) is 37.3 Å². The zero-order chi connectivity index (χ0) is 17.8. The van der Waals surface area contributed by atoms with Gasteiger partial charge in [-0.3, -0.25) is 4.79 Å². The van der Waals surface area contributed by atoms with Gasteiger partial charge in [0.15, 0.2) is 11.5 Å². The summed E-state index contributed by atoms with van der Waals surface area (Å²) < 4.78 is 11.4. The maximum Gasteiger partial charge on any atom is 0.237 e. The van der Waals surface area contributed by atoms with Crippen molar-refractivity contribution in [2.75, 3.05) is 18.5 Å². The number of para-hydroxylation sites is 1. The van der Waals surface area contributed by atoms with Gasteiger partial charge in [0.1, 0.15) is 0 Å². The van der Waals surface area contributed by atoms with E-state index in [1.54, 1.807) is 0 Å². The molecule has 25 heavy (non-hydrogen) atoms. The van der Waals surface area contributed by atoms with Crippen molar-refractivity contribution in [3.8, 4) is 11.5 Å². The first kappa shape index (κ1) is 17.7. The molecule has 0 saturated carbocycles. The third-order valence-corrected chi connectivity index (χ3v) is 5.22. The maximum absolute atomic E-state index is 12.6. The SMILES string of the molecule is Cc1cccc(C)c1NC(=O)[C@@H](C)Sc1ccc2c(c1)OCCCO2. The molecule has 1 aliphatic rings. The Morgan fingerprint density at radius 3 is 2.48 bits per heavy atom. The Morgan fingerprint density at radius 2 is 1.76 bits per heavy atom. The summed E-state index contributed by atoms with van der Waals surface area (Å²) in [6.07, 6.45) is 0.881. The molecule has 0 fully saturated rings. The van der Waals surface area contributed by atoms with Gasteiger partial charge in [-0.25, -0.2) is 0 Å². The van der Waals surface area contributed by atoms with Gasteiger partial charge in [-0.2, -0.15) is 0 Å². The second-order valence-electron chi connectivity index (χ2n) is 6.18.